The first kappa shape index (κ1) is 12.9. The molecule has 4 heteroatoms. The van der Waals surface area contributed by atoms with Gasteiger partial charge in [-0.05, 0) is 37.5 Å². The molecule has 1 aliphatic heterocycles. The Morgan fingerprint density at radius 1 is 1.05 bits per heavy atom. The third kappa shape index (κ3) is 1.92. The molecule has 1 fully saturated rings. The van der Waals surface area contributed by atoms with E-state index in [4.69, 9.17) is 5.73 Å². The molecule has 1 aromatic rings. The highest BCUT2D eigenvalue weighted by Gasteiger charge is 2.48. The van der Waals surface area contributed by atoms with E-state index in [9.17, 15) is 9.59 Å². The highest BCUT2D eigenvalue weighted by Crippen LogP contribution is 2.39. The Labute approximate surface area is 118 Å². The van der Waals surface area contributed by atoms with Crippen molar-refractivity contribution in [2.75, 3.05) is 5.73 Å². The number of allylic oxidation sites excluding steroid dienone is 2. The lowest BCUT2D eigenvalue weighted by Crippen LogP contribution is -2.33. The molecule has 1 aromatic carbocycles. The summed E-state index contributed by atoms with van der Waals surface area (Å²) in [6.45, 7) is 1.89. The number of nitrogens with two attached hydrogens (primary N) is 1. The van der Waals surface area contributed by atoms with Gasteiger partial charge in [0.1, 0.15) is 0 Å². The predicted molar refractivity (Wildman–Crippen MR) is 76.5 cm³/mol. The van der Waals surface area contributed by atoms with Crippen molar-refractivity contribution in [3.8, 4) is 0 Å². The SMILES string of the molecule is CC(c1ccc(N)cc1)N1C(=O)[C@H]2CC=CC[C@H]2C1=O. The summed E-state index contributed by atoms with van der Waals surface area (Å²) < 4.78 is 0. The van der Waals surface area contributed by atoms with E-state index in [2.05, 4.69) is 0 Å². The summed E-state index contributed by atoms with van der Waals surface area (Å²) in [7, 11) is 0. The van der Waals surface area contributed by atoms with Gasteiger partial charge in [-0.15, -0.1) is 0 Å². The van der Waals surface area contributed by atoms with Crippen LogP contribution in [0.4, 0.5) is 5.69 Å². The summed E-state index contributed by atoms with van der Waals surface area (Å²) in [5.41, 5.74) is 7.29. The largest absolute Gasteiger partial charge is 0.399 e. The standard InChI is InChI=1S/C16H18N2O2/c1-10(11-6-8-12(17)9-7-11)18-15(19)13-4-2-3-5-14(13)16(18)20/h2-3,6-10,13-14H,4-5,17H2,1H3/t10?,13-,14+. The molecule has 1 aliphatic carbocycles. The van der Waals surface area contributed by atoms with Crippen LogP contribution in [0.25, 0.3) is 0 Å². The van der Waals surface area contributed by atoms with Crippen LogP contribution in [-0.4, -0.2) is 16.7 Å². The Morgan fingerprint density at radius 2 is 1.55 bits per heavy atom. The van der Waals surface area contributed by atoms with Crippen molar-refractivity contribution in [2.24, 2.45) is 11.8 Å². The molecule has 0 aromatic heterocycles. The smallest absolute Gasteiger partial charge is 0.233 e. The van der Waals surface area contributed by atoms with Gasteiger partial charge in [-0.25, -0.2) is 0 Å². The molecule has 2 amide bonds. The number of amides is 2. The fourth-order valence-electron chi connectivity index (χ4n) is 3.13. The first-order valence-corrected chi connectivity index (χ1v) is 6.97. The number of hydrogen-bond acceptors (Lipinski definition) is 3. The second-order valence-corrected chi connectivity index (χ2v) is 5.54. The molecule has 2 N–H and O–H groups in total. The topological polar surface area (TPSA) is 63.4 Å². The number of nitrogens with zero attached hydrogens (tertiary/aromatic N) is 1. The first-order chi connectivity index (χ1) is 9.59. The van der Waals surface area contributed by atoms with Crippen molar-refractivity contribution in [3.05, 3.63) is 42.0 Å². The molecule has 4 nitrogen and oxygen atoms in total. The molecule has 104 valence electrons. The fraction of sp³-hybridized carbons (Fsp3) is 0.375. The minimum atomic E-state index is -0.235. The van der Waals surface area contributed by atoms with Crippen molar-refractivity contribution < 1.29 is 9.59 Å². The second kappa shape index (κ2) is 4.78. The van der Waals surface area contributed by atoms with Crippen molar-refractivity contribution in [2.45, 2.75) is 25.8 Å². The maximum atomic E-state index is 12.5. The van der Waals surface area contributed by atoms with Gasteiger partial charge in [-0.3, -0.25) is 14.5 Å². The molecule has 1 saturated heterocycles. The molecule has 3 atom stereocenters. The molecule has 0 spiro atoms. The third-order valence-corrected chi connectivity index (χ3v) is 4.35. The zero-order chi connectivity index (χ0) is 14.3. The average molecular weight is 270 g/mol. The monoisotopic (exact) mass is 270 g/mol. The van der Waals surface area contributed by atoms with E-state index < -0.39 is 0 Å². The number of anilines is 1. The molecule has 0 radical (unpaired) electrons. The van der Waals surface area contributed by atoms with E-state index in [1.54, 1.807) is 12.1 Å². The molecule has 20 heavy (non-hydrogen) atoms. The van der Waals surface area contributed by atoms with E-state index >= 15 is 0 Å². The Kier molecular flexibility index (Phi) is 3.08. The van der Waals surface area contributed by atoms with Gasteiger partial charge in [-0.2, -0.15) is 0 Å². The highest BCUT2D eigenvalue weighted by atomic mass is 16.2. The third-order valence-electron chi connectivity index (χ3n) is 4.35. The summed E-state index contributed by atoms with van der Waals surface area (Å²) in [5, 5.41) is 0. The van der Waals surface area contributed by atoms with Crippen LogP contribution < -0.4 is 5.73 Å². The Balaban J connectivity index is 1.88. The van der Waals surface area contributed by atoms with Gasteiger partial charge >= 0.3 is 0 Å². The molecular weight excluding hydrogens is 252 g/mol. The van der Waals surface area contributed by atoms with Gasteiger partial charge < -0.3 is 5.73 Å². The first-order valence-electron chi connectivity index (χ1n) is 6.97. The Bertz CT molecular complexity index is 551. The van der Waals surface area contributed by atoms with E-state index in [1.165, 1.54) is 4.90 Å². The van der Waals surface area contributed by atoms with Crippen LogP contribution in [0, 0.1) is 11.8 Å². The van der Waals surface area contributed by atoms with Crippen LogP contribution in [0.3, 0.4) is 0 Å². The number of carbonyl (C=O) groups is 2. The van der Waals surface area contributed by atoms with Gasteiger partial charge in [0.15, 0.2) is 0 Å². The second-order valence-electron chi connectivity index (χ2n) is 5.54. The van der Waals surface area contributed by atoms with E-state index in [-0.39, 0.29) is 29.7 Å². The summed E-state index contributed by atoms with van der Waals surface area (Å²) in [4.78, 5) is 26.4. The Hall–Kier alpha value is -2.10. The van der Waals surface area contributed by atoms with Gasteiger partial charge in [0.25, 0.3) is 0 Å². The van der Waals surface area contributed by atoms with Gasteiger partial charge in [0, 0.05) is 5.69 Å². The lowest BCUT2D eigenvalue weighted by Gasteiger charge is -2.23. The number of fused-ring (bicyclic) bond motifs is 1. The number of likely N-dealkylation sites (tertiary alicyclic amines) is 1. The quantitative estimate of drug-likeness (QED) is 0.509. The Morgan fingerprint density at radius 3 is 2.05 bits per heavy atom. The van der Waals surface area contributed by atoms with Crippen molar-refractivity contribution >= 4 is 17.5 Å². The minimum absolute atomic E-state index is 0.0336. The number of benzene rings is 1. The van der Waals surface area contributed by atoms with Gasteiger partial charge in [-0.1, -0.05) is 24.3 Å². The lowest BCUT2D eigenvalue weighted by molar-refractivity contribution is -0.142. The van der Waals surface area contributed by atoms with Gasteiger partial charge in [0.05, 0.1) is 17.9 Å². The molecular formula is C16H18N2O2. The number of nitrogen functional groups attached to an aromatic ring is 1. The average Bonchev–Trinajstić information content (AvgIpc) is 2.72. The zero-order valence-corrected chi connectivity index (χ0v) is 11.5. The number of hydrogen-bond donors (Lipinski definition) is 1. The summed E-state index contributed by atoms with van der Waals surface area (Å²) in [5.74, 6) is -0.394. The van der Waals surface area contributed by atoms with Crippen LogP contribution in [0.1, 0.15) is 31.4 Å². The van der Waals surface area contributed by atoms with Gasteiger partial charge in [0.2, 0.25) is 11.8 Å². The molecule has 1 heterocycles. The van der Waals surface area contributed by atoms with Crippen LogP contribution in [0.5, 0.6) is 0 Å². The number of rotatable bonds is 2. The van der Waals surface area contributed by atoms with E-state index in [1.807, 2.05) is 31.2 Å². The molecule has 1 unspecified atom stereocenters. The van der Waals surface area contributed by atoms with Crippen LogP contribution in [0.2, 0.25) is 0 Å². The van der Waals surface area contributed by atoms with Crippen molar-refractivity contribution in [1.82, 2.24) is 4.90 Å². The van der Waals surface area contributed by atoms with Crippen LogP contribution in [-0.2, 0) is 9.59 Å². The van der Waals surface area contributed by atoms with Crippen molar-refractivity contribution in [1.29, 1.82) is 0 Å². The summed E-state index contributed by atoms with van der Waals surface area (Å²) in [6, 6.07) is 7.11. The number of carbonyl (C=O) groups excluding carboxylic acids is 2. The van der Waals surface area contributed by atoms with E-state index in [0.717, 1.165) is 5.56 Å². The maximum Gasteiger partial charge on any atom is 0.233 e. The number of imide groups is 1. The highest BCUT2D eigenvalue weighted by molar-refractivity contribution is 6.05. The van der Waals surface area contributed by atoms with Crippen molar-refractivity contribution in [3.63, 3.8) is 0 Å². The molecule has 0 saturated carbocycles. The van der Waals surface area contributed by atoms with Crippen LogP contribution >= 0.6 is 0 Å². The fourth-order valence-corrected chi connectivity index (χ4v) is 3.13. The molecule has 3 rings (SSSR count). The zero-order valence-electron chi connectivity index (χ0n) is 11.5. The minimum Gasteiger partial charge on any atom is -0.399 e. The lowest BCUT2D eigenvalue weighted by atomic mass is 9.85. The normalized spacial score (nSPS) is 26.8. The summed E-state index contributed by atoms with van der Waals surface area (Å²) in [6.07, 6.45) is 5.37. The predicted octanol–water partition coefficient (Wildman–Crippen LogP) is 2.28. The van der Waals surface area contributed by atoms with Crippen LogP contribution in [0.15, 0.2) is 36.4 Å². The molecule has 0 bridgehead atoms. The maximum absolute atomic E-state index is 12.5. The molecule has 2 aliphatic rings. The van der Waals surface area contributed by atoms with E-state index in [0.29, 0.717) is 18.5 Å². The summed E-state index contributed by atoms with van der Waals surface area (Å²) >= 11 is 0.